The Bertz CT molecular complexity index is 778. The van der Waals surface area contributed by atoms with Crippen molar-refractivity contribution in [3.63, 3.8) is 0 Å². The summed E-state index contributed by atoms with van der Waals surface area (Å²) in [5, 5.41) is 0. The van der Waals surface area contributed by atoms with Gasteiger partial charge in [-0.25, -0.2) is 4.98 Å². The zero-order chi connectivity index (χ0) is 20.1. The van der Waals surface area contributed by atoms with Gasteiger partial charge in [-0.3, -0.25) is 0 Å². The lowest BCUT2D eigenvalue weighted by Crippen LogP contribution is -2.28. The van der Waals surface area contributed by atoms with E-state index in [2.05, 4.69) is 21.8 Å². The van der Waals surface area contributed by atoms with Gasteiger partial charge in [0.2, 0.25) is 5.95 Å². The molecule has 1 atom stereocenters. The second-order valence-corrected chi connectivity index (χ2v) is 7.36. The average molecular weight is 386 g/mol. The van der Waals surface area contributed by atoms with Crippen molar-refractivity contribution in [2.75, 3.05) is 44.5 Å². The maximum absolute atomic E-state index is 6.05. The van der Waals surface area contributed by atoms with Crippen LogP contribution in [-0.2, 0) is 0 Å². The molecular formula is C21H31N5O2. The Morgan fingerprint density at radius 2 is 2.07 bits per heavy atom. The molecule has 1 saturated heterocycles. The molecular weight excluding hydrogens is 354 g/mol. The van der Waals surface area contributed by atoms with E-state index in [1.54, 1.807) is 13.2 Å². The number of benzene rings is 1. The van der Waals surface area contributed by atoms with Gasteiger partial charge in [0.15, 0.2) is 11.5 Å². The fourth-order valence-corrected chi connectivity index (χ4v) is 3.60. The number of nitrogen functional groups attached to an aromatic ring is 1. The minimum absolute atomic E-state index is 0.454. The van der Waals surface area contributed by atoms with Crippen LogP contribution in [0, 0.1) is 6.92 Å². The van der Waals surface area contributed by atoms with E-state index in [9.17, 15) is 0 Å². The standard InChI is InChI=1S/C21H31N5O2/c1-15-13-20(22)24-21(23-15)25(3)17-8-9-18(27-4)19(14-17)28-12-6-11-26-10-5-7-16(26)2/h8-9,13-14,16H,5-7,10-12H2,1-4H3,(H2,22,23,24). The van der Waals surface area contributed by atoms with Gasteiger partial charge in [0, 0.05) is 43.1 Å². The molecule has 1 aliphatic heterocycles. The Hall–Kier alpha value is -2.54. The number of aryl methyl sites for hydroxylation is 1. The van der Waals surface area contributed by atoms with Gasteiger partial charge >= 0.3 is 0 Å². The van der Waals surface area contributed by atoms with E-state index in [0.717, 1.165) is 35.8 Å². The number of methoxy groups -OCH3 is 1. The zero-order valence-electron chi connectivity index (χ0n) is 17.3. The highest BCUT2D eigenvalue weighted by Gasteiger charge is 2.19. The van der Waals surface area contributed by atoms with Crippen molar-refractivity contribution in [2.24, 2.45) is 0 Å². The molecule has 2 N–H and O–H groups in total. The number of ether oxygens (including phenoxy) is 2. The molecule has 2 aromatic rings. The Morgan fingerprint density at radius 1 is 1.25 bits per heavy atom. The van der Waals surface area contributed by atoms with E-state index in [-0.39, 0.29) is 0 Å². The summed E-state index contributed by atoms with van der Waals surface area (Å²) in [5.41, 5.74) is 7.61. The van der Waals surface area contributed by atoms with Gasteiger partial charge in [-0.2, -0.15) is 4.98 Å². The van der Waals surface area contributed by atoms with E-state index >= 15 is 0 Å². The minimum Gasteiger partial charge on any atom is -0.493 e. The highest BCUT2D eigenvalue weighted by molar-refractivity contribution is 5.62. The molecule has 152 valence electrons. The van der Waals surface area contributed by atoms with E-state index in [1.165, 1.54) is 19.4 Å². The number of aromatic nitrogens is 2. The summed E-state index contributed by atoms with van der Waals surface area (Å²) in [6.45, 7) is 7.13. The largest absolute Gasteiger partial charge is 0.493 e. The summed E-state index contributed by atoms with van der Waals surface area (Å²) >= 11 is 0. The first-order valence-corrected chi connectivity index (χ1v) is 9.87. The molecule has 2 heterocycles. The minimum atomic E-state index is 0.454. The summed E-state index contributed by atoms with van der Waals surface area (Å²) < 4.78 is 11.5. The molecule has 1 aliphatic rings. The Labute approximate surface area is 167 Å². The average Bonchev–Trinajstić information content (AvgIpc) is 3.08. The fraction of sp³-hybridized carbons (Fsp3) is 0.524. The van der Waals surface area contributed by atoms with Crippen molar-refractivity contribution < 1.29 is 9.47 Å². The summed E-state index contributed by atoms with van der Waals surface area (Å²) in [6.07, 6.45) is 3.59. The molecule has 0 saturated carbocycles. The lowest BCUT2D eigenvalue weighted by molar-refractivity contribution is 0.226. The third-order valence-corrected chi connectivity index (χ3v) is 5.23. The predicted octanol–water partition coefficient (Wildman–Crippen LogP) is 3.40. The van der Waals surface area contributed by atoms with Crippen LogP contribution in [0.25, 0.3) is 0 Å². The van der Waals surface area contributed by atoms with Crippen molar-refractivity contribution in [2.45, 2.75) is 39.2 Å². The molecule has 3 rings (SSSR count). The van der Waals surface area contributed by atoms with Crippen LogP contribution in [0.3, 0.4) is 0 Å². The van der Waals surface area contributed by atoms with Crippen molar-refractivity contribution >= 4 is 17.5 Å². The number of nitrogens with zero attached hydrogens (tertiary/aromatic N) is 4. The number of anilines is 3. The van der Waals surface area contributed by atoms with Crippen molar-refractivity contribution in [3.05, 3.63) is 30.0 Å². The van der Waals surface area contributed by atoms with Gasteiger partial charge in [-0.15, -0.1) is 0 Å². The van der Waals surface area contributed by atoms with Gasteiger partial charge in [0.1, 0.15) is 5.82 Å². The molecule has 7 nitrogen and oxygen atoms in total. The van der Waals surface area contributed by atoms with Crippen molar-refractivity contribution in [3.8, 4) is 11.5 Å². The predicted molar refractivity (Wildman–Crippen MR) is 113 cm³/mol. The topological polar surface area (TPSA) is 76.7 Å². The van der Waals surface area contributed by atoms with Gasteiger partial charge in [0.25, 0.3) is 0 Å². The third-order valence-electron chi connectivity index (χ3n) is 5.23. The van der Waals surface area contributed by atoms with Crippen LogP contribution in [0.15, 0.2) is 24.3 Å². The Kier molecular flexibility index (Phi) is 6.57. The quantitative estimate of drug-likeness (QED) is 0.698. The lowest BCUT2D eigenvalue weighted by Gasteiger charge is -2.22. The lowest BCUT2D eigenvalue weighted by atomic mass is 10.2. The summed E-state index contributed by atoms with van der Waals surface area (Å²) in [4.78, 5) is 13.2. The summed E-state index contributed by atoms with van der Waals surface area (Å²) in [7, 11) is 3.57. The van der Waals surface area contributed by atoms with Crippen LogP contribution in [0.1, 0.15) is 31.9 Å². The molecule has 0 bridgehead atoms. The molecule has 0 amide bonds. The molecule has 0 aliphatic carbocycles. The second kappa shape index (κ2) is 9.10. The SMILES string of the molecule is COc1ccc(N(C)c2nc(C)cc(N)n2)cc1OCCCN1CCCC1C. The van der Waals surface area contributed by atoms with Gasteiger partial charge in [-0.05, 0) is 51.8 Å². The Morgan fingerprint density at radius 3 is 2.75 bits per heavy atom. The van der Waals surface area contributed by atoms with Crippen LogP contribution in [0.4, 0.5) is 17.5 Å². The molecule has 1 aromatic carbocycles. The van der Waals surface area contributed by atoms with Gasteiger partial charge < -0.3 is 25.0 Å². The number of likely N-dealkylation sites (tertiary alicyclic amines) is 1. The first kappa shape index (κ1) is 20.2. The maximum Gasteiger partial charge on any atom is 0.231 e. The first-order chi connectivity index (χ1) is 13.5. The van der Waals surface area contributed by atoms with E-state index in [0.29, 0.717) is 24.4 Å². The Balaban J connectivity index is 1.67. The van der Waals surface area contributed by atoms with E-state index < -0.39 is 0 Å². The number of hydrogen-bond donors (Lipinski definition) is 1. The number of nitrogens with two attached hydrogens (primary N) is 1. The van der Waals surface area contributed by atoms with Crippen molar-refractivity contribution in [1.82, 2.24) is 14.9 Å². The molecule has 7 heteroatoms. The molecule has 1 aromatic heterocycles. The second-order valence-electron chi connectivity index (χ2n) is 7.36. The van der Waals surface area contributed by atoms with Crippen molar-refractivity contribution in [1.29, 1.82) is 0 Å². The van der Waals surface area contributed by atoms with Gasteiger partial charge in [0.05, 0.1) is 13.7 Å². The van der Waals surface area contributed by atoms with E-state index in [1.807, 2.05) is 37.1 Å². The molecule has 1 unspecified atom stereocenters. The summed E-state index contributed by atoms with van der Waals surface area (Å²) in [6, 6.07) is 8.26. The molecule has 28 heavy (non-hydrogen) atoms. The third kappa shape index (κ3) is 4.84. The zero-order valence-corrected chi connectivity index (χ0v) is 17.3. The fourth-order valence-electron chi connectivity index (χ4n) is 3.60. The van der Waals surface area contributed by atoms with Crippen LogP contribution >= 0.6 is 0 Å². The first-order valence-electron chi connectivity index (χ1n) is 9.87. The van der Waals surface area contributed by atoms with Crippen LogP contribution in [0.5, 0.6) is 11.5 Å². The normalized spacial score (nSPS) is 16.9. The highest BCUT2D eigenvalue weighted by Crippen LogP contribution is 2.33. The maximum atomic E-state index is 6.05. The van der Waals surface area contributed by atoms with Crippen LogP contribution in [0.2, 0.25) is 0 Å². The molecule has 0 radical (unpaired) electrons. The highest BCUT2D eigenvalue weighted by atomic mass is 16.5. The summed E-state index contributed by atoms with van der Waals surface area (Å²) in [5.74, 6) is 2.45. The monoisotopic (exact) mass is 385 g/mol. The molecule has 0 spiro atoms. The number of rotatable bonds is 8. The van der Waals surface area contributed by atoms with E-state index in [4.69, 9.17) is 15.2 Å². The number of hydrogen-bond acceptors (Lipinski definition) is 7. The smallest absolute Gasteiger partial charge is 0.231 e. The van der Waals surface area contributed by atoms with Crippen LogP contribution in [-0.4, -0.2) is 54.8 Å². The van der Waals surface area contributed by atoms with Crippen LogP contribution < -0.4 is 20.1 Å². The van der Waals surface area contributed by atoms with Gasteiger partial charge in [-0.1, -0.05) is 0 Å². The molecule has 1 fully saturated rings.